The summed E-state index contributed by atoms with van der Waals surface area (Å²) in [6.07, 6.45) is 9.06. The number of imidazole rings is 1. The smallest absolute Gasteiger partial charge is 0.130 e. The zero-order valence-corrected chi connectivity index (χ0v) is 17.4. The third-order valence-corrected chi connectivity index (χ3v) is 6.61. The lowest BCUT2D eigenvalue weighted by Crippen LogP contribution is -2.36. The van der Waals surface area contributed by atoms with E-state index in [1.165, 1.54) is 49.7 Å². The summed E-state index contributed by atoms with van der Waals surface area (Å²) >= 11 is 0. The van der Waals surface area contributed by atoms with Gasteiger partial charge in [-0.25, -0.2) is 9.97 Å². The zero-order valence-electron chi connectivity index (χ0n) is 17.4. The third-order valence-electron chi connectivity index (χ3n) is 6.61. The molecular formula is C24H29N5. The lowest BCUT2D eigenvalue weighted by molar-refractivity contribution is 0.191. The van der Waals surface area contributed by atoms with Gasteiger partial charge in [-0.05, 0) is 63.2 Å². The molecule has 2 aliphatic rings. The fraction of sp³-hybridized carbons (Fsp3) is 0.417. The number of anilines is 1. The van der Waals surface area contributed by atoms with E-state index in [1.807, 2.05) is 19.3 Å². The fourth-order valence-electron chi connectivity index (χ4n) is 4.46. The lowest BCUT2D eigenvalue weighted by atomic mass is 9.94. The first-order valence-electron chi connectivity index (χ1n) is 10.7. The van der Waals surface area contributed by atoms with Crippen molar-refractivity contribution in [1.29, 1.82) is 0 Å². The van der Waals surface area contributed by atoms with Crippen molar-refractivity contribution in [2.24, 2.45) is 13.0 Å². The first kappa shape index (κ1) is 18.4. The van der Waals surface area contributed by atoms with Gasteiger partial charge >= 0.3 is 0 Å². The molecule has 3 heterocycles. The molecule has 1 saturated carbocycles. The van der Waals surface area contributed by atoms with Gasteiger partial charge in [-0.15, -0.1) is 0 Å². The number of likely N-dealkylation sites (tertiary alicyclic amines) is 1. The summed E-state index contributed by atoms with van der Waals surface area (Å²) in [5.74, 6) is 2.43. The van der Waals surface area contributed by atoms with E-state index in [9.17, 15) is 0 Å². The molecule has 1 aliphatic heterocycles. The van der Waals surface area contributed by atoms with E-state index in [-0.39, 0.29) is 0 Å². The number of nitrogens with zero attached hydrogens (tertiary/aromatic N) is 4. The Bertz CT molecular complexity index is 1050. The number of hydrogen-bond acceptors (Lipinski definition) is 4. The SMILES string of the molecule is C=C(Nc1cc2cc(-c3cnc(C)n3C)ccc2cn1)C1CCN(C2CC2)CC1. The van der Waals surface area contributed by atoms with Crippen LogP contribution >= 0.6 is 0 Å². The molecule has 0 atom stereocenters. The summed E-state index contributed by atoms with van der Waals surface area (Å²) in [6.45, 7) is 8.77. The molecule has 0 amide bonds. The van der Waals surface area contributed by atoms with E-state index in [4.69, 9.17) is 0 Å². The lowest BCUT2D eigenvalue weighted by Gasteiger charge is -2.33. The number of nitrogens with one attached hydrogen (secondary N) is 1. The van der Waals surface area contributed by atoms with Crippen LogP contribution in [0.2, 0.25) is 0 Å². The van der Waals surface area contributed by atoms with Gasteiger partial charge in [0.25, 0.3) is 0 Å². The Labute approximate surface area is 172 Å². The molecule has 1 aromatic carbocycles. The van der Waals surface area contributed by atoms with Crippen LogP contribution in [0.1, 0.15) is 31.5 Å². The van der Waals surface area contributed by atoms with Gasteiger partial charge < -0.3 is 14.8 Å². The molecule has 0 spiro atoms. The molecule has 29 heavy (non-hydrogen) atoms. The summed E-state index contributed by atoms with van der Waals surface area (Å²) in [7, 11) is 2.06. The largest absolute Gasteiger partial charge is 0.344 e. The number of benzene rings is 1. The maximum Gasteiger partial charge on any atom is 0.130 e. The Morgan fingerprint density at radius 2 is 1.83 bits per heavy atom. The second-order valence-corrected chi connectivity index (χ2v) is 8.57. The molecule has 0 unspecified atom stereocenters. The van der Waals surface area contributed by atoms with Crippen molar-refractivity contribution in [3.05, 3.63) is 54.8 Å². The number of allylic oxidation sites excluding steroid dienone is 1. The number of rotatable bonds is 5. The van der Waals surface area contributed by atoms with Gasteiger partial charge in [-0.3, -0.25) is 0 Å². The minimum Gasteiger partial charge on any atom is -0.344 e. The Kier molecular flexibility index (Phi) is 4.63. The van der Waals surface area contributed by atoms with E-state index < -0.39 is 0 Å². The number of aromatic nitrogens is 3. The molecular weight excluding hydrogens is 358 g/mol. The molecule has 5 heteroatoms. The van der Waals surface area contributed by atoms with Crippen LogP contribution in [-0.4, -0.2) is 38.6 Å². The Balaban J connectivity index is 1.32. The summed E-state index contributed by atoms with van der Waals surface area (Å²) in [6, 6.07) is 9.49. The molecule has 3 aromatic rings. The molecule has 0 bridgehead atoms. The highest BCUT2D eigenvalue weighted by Gasteiger charge is 2.32. The monoisotopic (exact) mass is 387 g/mol. The normalized spacial score (nSPS) is 18.3. The highest BCUT2D eigenvalue weighted by Crippen LogP contribution is 2.33. The predicted octanol–water partition coefficient (Wildman–Crippen LogP) is 4.74. The van der Waals surface area contributed by atoms with Crippen molar-refractivity contribution >= 4 is 16.6 Å². The molecule has 2 aromatic heterocycles. The minimum atomic E-state index is 0.534. The van der Waals surface area contributed by atoms with Crippen LogP contribution in [0.4, 0.5) is 5.82 Å². The van der Waals surface area contributed by atoms with E-state index in [1.54, 1.807) is 0 Å². The van der Waals surface area contributed by atoms with Gasteiger partial charge in [0.15, 0.2) is 0 Å². The zero-order chi connectivity index (χ0) is 20.0. The number of fused-ring (bicyclic) bond motifs is 1. The first-order chi connectivity index (χ1) is 14.1. The number of hydrogen-bond donors (Lipinski definition) is 1. The van der Waals surface area contributed by atoms with Crippen LogP contribution < -0.4 is 5.32 Å². The van der Waals surface area contributed by atoms with Crippen molar-refractivity contribution < 1.29 is 0 Å². The third kappa shape index (κ3) is 3.67. The van der Waals surface area contributed by atoms with Crippen LogP contribution in [0.3, 0.4) is 0 Å². The molecule has 5 nitrogen and oxygen atoms in total. The van der Waals surface area contributed by atoms with Crippen LogP contribution in [-0.2, 0) is 7.05 Å². The van der Waals surface area contributed by atoms with Gasteiger partial charge in [0, 0.05) is 41.9 Å². The van der Waals surface area contributed by atoms with E-state index >= 15 is 0 Å². The number of piperidine rings is 1. The Hall–Kier alpha value is -2.66. The molecule has 1 N–H and O–H groups in total. The van der Waals surface area contributed by atoms with Crippen molar-refractivity contribution in [3.8, 4) is 11.3 Å². The molecule has 2 fully saturated rings. The van der Waals surface area contributed by atoms with Crippen molar-refractivity contribution in [3.63, 3.8) is 0 Å². The van der Waals surface area contributed by atoms with Crippen molar-refractivity contribution in [2.45, 2.75) is 38.6 Å². The summed E-state index contributed by atoms with van der Waals surface area (Å²) in [4.78, 5) is 11.7. The summed E-state index contributed by atoms with van der Waals surface area (Å²) < 4.78 is 2.12. The average Bonchev–Trinajstić information content (AvgIpc) is 3.53. The van der Waals surface area contributed by atoms with Gasteiger partial charge in [-0.1, -0.05) is 18.7 Å². The average molecular weight is 388 g/mol. The topological polar surface area (TPSA) is 46.0 Å². The predicted molar refractivity (Wildman–Crippen MR) is 119 cm³/mol. The number of pyridine rings is 1. The molecule has 0 radical (unpaired) electrons. The van der Waals surface area contributed by atoms with Crippen LogP contribution in [0.15, 0.2) is 48.9 Å². The first-order valence-corrected chi connectivity index (χ1v) is 10.7. The van der Waals surface area contributed by atoms with E-state index in [2.05, 4.69) is 62.6 Å². The van der Waals surface area contributed by atoms with Crippen molar-refractivity contribution in [1.82, 2.24) is 19.4 Å². The quantitative estimate of drug-likeness (QED) is 0.687. The van der Waals surface area contributed by atoms with E-state index in [0.717, 1.165) is 34.5 Å². The molecule has 150 valence electrons. The van der Waals surface area contributed by atoms with Gasteiger partial charge in [0.05, 0.1) is 11.9 Å². The van der Waals surface area contributed by atoms with Crippen molar-refractivity contribution in [2.75, 3.05) is 18.4 Å². The maximum absolute atomic E-state index is 4.62. The van der Waals surface area contributed by atoms with E-state index in [0.29, 0.717) is 5.92 Å². The van der Waals surface area contributed by atoms with Gasteiger partial charge in [-0.2, -0.15) is 0 Å². The Morgan fingerprint density at radius 3 is 2.52 bits per heavy atom. The van der Waals surface area contributed by atoms with Crippen LogP contribution in [0.25, 0.3) is 22.0 Å². The standard InChI is InChI=1S/C24H29N5/c1-16(18-8-10-29(11-9-18)22-6-7-22)27-24-13-21-12-19(4-5-20(21)14-26-24)23-15-25-17(2)28(23)3/h4-5,12-15,18,22H,1,6-11H2,2-3H3,(H,26,27). The second kappa shape index (κ2) is 7.30. The minimum absolute atomic E-state index is 0.534. The summed E-state index contributed by atoms with van der Waals surface area (Å²) in [5.41, 5.74) is 3.40. The highest BCUT2D eigenvalue weighted by atomic mass is 15.2. The summed E-state index contributed by atoms with van der Waals surface area (Å²) in [5, 5.41) is 5.81. The Morgan fingerprint density at radius 1 is 1.03 bits per heavy atom. The molecule has 5 rings (SSSR count). The van der Waals surface area contributed by atoms with Gasteiger partial charge in [0.1, 0.15) is 11.6 Å². The number of aryl methyl sites for hydroxylation is 1. The fourth-order valence-corrected chi connectivity index (χ4v) is 4.46. The van der Waals surface area contributed by atoms with Crippen LogP contribution in [0, 0.1) is 12.8 Å². The molecule has 1 aliphatic carbocycles. The maximum atomic E-state index is 4.62. The van der Waals surface area contributed by atoms with Crippen LogP contribution in [0.5, 0.6) is 0 Å². The van der Waals surface area contributed by atoms with Gasteiger partial charge in [0.2, 0.25) is 0 Å². The highest BCUT2D eigenvalue weighted by molar-refractivity contribution is 5.88. The second-order valence-electron chi connectivity index (χ2n) is 8.57. The molecule has 1 saturated heterocycles.